The molecule has 0 aromatic carbocycles. The van der Waals surface area contributed by atoms with Crippen molar-refractivity contribution < 1.29 is 9.59 Å². The van der Waals surface area contributed by atoms with Gasteiger partial charge in [-0.1, -0.05) is 6.08 Å². The van der Waals surface area contributed by atoms with Crippen LogP contribution in [0.4, 0.5) is 0 Å². The molecule has 0 spiro atoms. The van der Waals surface area contributed by atoms with Gasteiger partial charge in [0.1, 0.15) is 5.66 Å². The molecule has 0 aromatic heterocycles. The summed E-state index contributed by atoms with van der Waals surface area (Å²) in [5, 5.41) is 5.48. The Morgan fingerprint density at radius 1 is 1.33 bits per heavy atom. The average molecular weight is 320 g/mol. The van der Waals surface area contributed by atoms with E-state index in [-0.39, 0.29) is 11.8 Å². The van der Waals surface area contributed by atoms with E-state index in [1.54, 1.807) is 6.08 Å². The maximum atomic E-state index is 11.1. The third-order valence-electron chi connectivity index (χ3n) is 1.94. The van der Waals surface area contributed by atoms with Crippen molar-refractivity contribution >= 4 is 34.4 Å². The van der Waals surface area contributed by atoms with Crippen molar-refractivity contribution in [2.24, 2.45) is 0 Å². The summed E-state index contributed by atoms with van der Waals surface area (Å²) in [4.78, 5) is 22.1. The first-order valence-corrected chi connectivity index (χ1v) is 5.64. The first-order valence-electron chi connectivity index (χ1n) is 4.56. The lowest BCUT2D eigenvalue weighted by atomic mass is 10.0. The van der Waals surface area contributed by atoms with E-state index in [0.29, 0.717) is 6.42 Å². The van der Waals surface area contributed by atoms with E-state index in [2.05, 4.69) is 33.2 Å². The maximum absolute atomic E-state index is 11.1. The Hall–Kier alpha value is -0.850. The van der Waals surface area contributed by atoms with Gasteiger partial charge in [0, 0.05) is 23.8 Å². The number of carbonyl (C=O) groups excluding carboxylic acids is 2. The summed E-state index contributed by atoms with van der Waals surface area (Å²) in [5.41, 5.74) is -0.758. The molecular formula is C10H13IN2O2. The summed E-state index contributed by atoms with van der Waals surface area (Å²) < 4.78 is 1.10. The zero-order chi connectivity index (χ0) is 11.5. The van der Waals surface area contributed by atoms with Gasteiger partial charge in [-0.2, -0.15) is 0 Å². The van der Waals surface area contributed by atoms with Crippen LogP contribution in [0, 0.1) is 0 Å². The highest BCUT2D eigenvalue weighted by atomic mass is 127. The van der Waals surface area contributed by atoms with E-state index < -0.39 is 5.66 Å². The highest BCUT2D eigenvalue weighted by Gasteiger charge is 2.29. The standard InChI is InChI=1S/C10H13IN2O2/c1-7(14)12-10(13-8(2)15)5-3-9(11)4-6-10/h3-5H,6H2,1-2H3,(H,12,14)(H,13,15). The molecule has 0 aromatic rings. The number of hydrogen-bond donors (Lipinski definition) is 2. The highest BCUT2D eigenvalue weighted by Crippen LogP contribution is 2.22. The number of hydrogen-bond acceptors (Lipinski definition) is 2. The molecule has 0 saturated carbocycles. The quantitative estimate of drug-likeness (QED) is 0.594. The van der Waals surface area contributed by atoms with E-state index in [0.717, 1.165) is 3.58 Å². The van der Waals surface area contributed by atoms with Crippen molar-refractivity contribution in [2.75, 3.05) is 0 Å². The molecular weight excluding hydrogens is 307 g/mol. The summed E-state index contributed by atoms with van der Waals surface area (Å²) in [7, 11) is 0. The summed E-state index contributed by atoms with van der Waals surface area (Å²) in [6, 6.07) is 0. The van der Waals surface area contributed by atoms with Crippen LogP contribution in [0.15, 0.2) is 21.8 Å². The van der Waals surface area contributed by atoms with Crippen LogP contribution in [0.25, 0.3) is 0 Å². The molecule has 2 amide bonds. The minimum Gasteiger partial charge on any atom is -0.330 e. The van der Waals surface area contributed by atoms with Crippen molar-refractivity contribution in [3.8, 4) is 0 Å². The van der Waals surface area contributed by atoms with Crippen LogP contribution in [-0.2, 0) is 9.59 Å². The van der Waals surface area contributed by atoms with Gasteiger partial charge in [-0.25, -0.2) is 0 Å². The molecule has 1 aliphatic rings. The predicted molar refractivity (Wildman–Crippen MR) is 66.2 cm³/mol. The number of carbonyl (C=O) groups is 2. The topological polar surface area (TPSA) is 58.2 Å². The van der Waals surface area contributed by atoms with Crippen molar-refractivity contribution in [2.45, 2.75) is 25.9 Å². The van der Waals surface area contributed by atoms with E-state index in [1.165, 1.54) is 13.8 Å². The van der Waals surface area contributed by atoms with Gasteiger partial charge in [-0.15, -0.1) is 0 Å². The Morgan fingerprint density at radius 2 is 1.87 bits per heavy atom. The Labute approximate surface area is 102 Å². The van der Waals surface area contributed by atoms with Gasteiger partial charge >= 0.3 is 0 Å². The lowest BCUT2D eigenvalue weighted by Gasteiger charge is -2.33. The van der Waals surface area contributed by atoms with Crippen LogP contribution in [0.3, 0.4) is 0 Å². The maximum Gasteiger partial charge on any atom is 0.218 e. The summed E-state index contributed by atoms with van der Waals surface area (Å²) in [5.74, 6) is -0.336. The van der Waals surface area contributed by atoms with E-state index in [4.69, 9.17) is 0 Å². The number of rotatable bonds is 2. The molecule has 0 bridgehead atoms. The molecule has 0 fully saturated rings. The summed E-state index contributed by atoms with van der Waals surface area (Å²) >= 11 is 2.19. The first-order chi connectivity index (χ1) is 6.93. The number of nitrogens with one attached hydrogen (secondary N) is 2. The molecule has 1 rings (SSSR count). The van der Waals surface area contributed by atoms with Gasteiger partial charge in [0.2, 0.25) is 11.8 Å². The third-order valence-corrected chi connectivity index (χ3v) is 2.74. The summed E-state index contributed by atoms with van der Waals surface area (Å²) in [6.45, 7) is 2.86. The molecule has 0 aliphatic heterocycles. The molecule has 5 heteroatoms. The fourth-order valence-electron chi connectivity index (χ4n) is 1.46. The molecule has 0 radical (unpaired) electrons. The minimum atomic E-state index is -0.758. The molecule has 82 valence electrons. The normalized spacial score (nSPS) is 17.9. The lowest BCUT2D eigenvalue weighted by Crippen LogP contribution is -2.58. The van der Waals surface area contributed by atoms with Gasteiger partial charge < -0.3 is 10.6 Å². The fourth-order valence-corrected chi connectivity index (χ4v) is 1.86. The predicted octanol–water partition coefficient (Wildman–Crippen LogP) is 1.23. The van der Waals surface area contributed by atoms with E-state index in [9.17, 15) is 9.59 Å². The molecule has 0 heterocycles. The lowest BCUT2D eigenvalue weighted by molar-refractivity contribution is -0.123. The monoisotopic (exact) mass is 320 g/mol. The van der Waals surface area contributed by atoms with Gasteiger partial charge in [0.05, 0.1) is 0 Å². The van der Waals surface area contributed by atoms with Gasteiger partial charge in [-0.05, 0) is 34.7 Å². The van der Waals surface area contributed by atoms with Crippen LogP contribution in [-0.4, -0.2) is 17.5 Å². The number of allylic oxidation sites excluding steroid dienone is 2. The zero-order valence-electron chi connectivity index (χ0n) is 8.63. The van der Waals surface area contributed by atoms with Gasteiger partial charge in [0.15, 0.2) is 0 Å². The largest absolute Gasteiger partial charge is 0.330 e. The van der Waals surface area contributed by atoms with Crippen LogP contribution in [0.1, 0.15) is 20.3 Å². The smallest absolute Gasteiger partial charge is 0.218 e. The molecule has 1 aliphatic carbocycles. The molecule has 2 N–H and O–H groups in total. The molecule has 4 nitrogen and oxygen atoms in total. The second-order valence-electron chi connectivity index (χ2n) is 3.46. The molecule has 15 heavy (non-hydrogen) atoms. The van der Waals surface area contributed by atoms with E-state index in [1.807, 2.05) is 12.2 Å². The Balaban J connectivity index is 2.84. The van der Waals surface area contributed by atoms with Gasteiger partial charge in [0.25, 0.3) is 0 Å². The Kier molecular flexibility index (Phi) is 3.90. The van der Waals surface area contributed by atoms with Crippen molar-refractivity contribution in [3.05, 3.63) is 21.8 Å². The molecule has 0 atom stereocenters. The van der Waals surface area contributed by atoms with E-state index >= 15 is 0 Å². The fraction of sp³-hybridized carbons (Fsp3) is 0.400. The Bertz CT molecular complexity index is 331. The van der Waals surface area contributed by atoms with Crippen molar-refractivity contribution in [1.82, 2.24) is 10.6 Å². The number of amides is 2. The van der Waals surface area contributed by atoms with Crippen LogP contribution in [0.2, 0.25) is 0 Å². The van der Waals surface area contributed by atoms with Crippen LogP contribution >= 0.6 is 22.6 Å². The molecule has 0 saturated heterocycles. The van der Waals surface area contributed by atoms with Crippen molar-refractivity contribution in [3.63, 3.8) is 0 Å². The first kappa shape index (κ1) is 12.2. The van der Waals surface area contributed by atoms with Gasteiger partial charge in [-0.3, -0.25) is 9.59 Å². The second kappa shape index (κ2) is 4.78. The average Bonchev–Trinajstić information content (AvgIpc) is 2.08. The SMILES string of the molecule is CC(=O)NC1(NC(C)=O)C=CC(I)=CC1. The molecule has 0 unspecified atom stereocenters. The zero-order valence-corrected chi connectivity index (χ0v) is 10.8. The van der Waals surface area contributed by atoms with Crippen molar-refractivity contribution in [1.29, 1.82) is 0 Å². The Morgan fingerprint density at radius 3 is 2.20 bits per heavy atom. The number of halogens is 1. The van der Waals surface area contributed by atoms with Crippen LogP contribution < -0.4 is 10.6 Å². The second-order valence-corrected chi connectivity index (χ2v) is 4.71. The highest BCUT2D eigenvalue weighted by molar-refractivity contribution is 14.1. The third kappa shape index (κ3) is 3.65. The summed E-state index contributed by atoms with van der Waals surface area (Å²) in [6.07, 6.45) is 6.21. The van der Waals surface area contributed by atoms with Crippen LogP contribution in [0.5, 0.6) is 0 Å². The minimum absolute atomic E-state index is 0.168.